The summed E-state index contributed by atoms with van der Waals surface area (Å²) in [6.07, 6.45) is 2.69. The number of para-hydroxylation sites is 2. The second kappa shape index (κ2) is 10.9. The number of aromatic hydroxyl groups is 2. The van der Waals surface area contributed by atoms with Gasteiger partial charge in [0.1, 0.15) is 30.2 Å². The molecule has 2 aromatic carbocycles. The first-order chi connectivity index (χ1) is 15.7. The molecule has 7 heteroatoms. The molecular weight excluding hydrogens is 420 g/mol. The minimum Gasteiger partial charge on any atom is -0.507 e. The maximum Gasteiger partial charge on any atom is 0.160 e. The van der Waals surface area contributed by atoms with Gasteiger partial charge in [-0.2, -0.15) is 0 Å². The molecule has 1 aliphatic heterocycles. The standard InChI is InChI=1S/C26H36N2O5/c1-17(2)11-13-19-7-5-9-21(25(19)29)23-16-33-24(15-27(23)28(31)32)22-10-6-8-20(26(22)30)14-12-18(3)4/h5-10,17-18,23-24,29-30H,11-16H2,1-4H3. The number of phenolic OH excluding ortho intramolecular Hbond substituents is 2. The number of hydrogen-bond acceptors (Lipinski definition) is 5. The SMILES string of the molecule is CC(C)CCc1cccc(C2CN([N+](=O)[O-])C(c3cccc(CCC(C)C)c3O)CO2)c1O. The molecule has 1 aliphatic rings. The second-order valence-electron chi connectivity index (χ2n) is 9.77. The maximum atomic E-state index is 12.0. The van der Waals surface area contributed by atoms with Crippen molar-refractivity contribution in [2.24, 2.45) is 11.8 Å². The number of nitro groups is 1. The summed E-state index contributed by atoms with van der Waals surface area (Å²) in [5.41, 5.74) is 2.69. The second-order valence-corrected chi connectivity index (χ2v) is 9.77. The van der Waals surface area contributed by atoms with Gasteiger partial charge in [-0.15, -0.1) is 5.01 Å². The van der Waals surface area contributed by atoms with Gasteiger partial charge in [-0.25, -0.2) is 10.1 Å². The highest BCUT2D eigenvalue weighted by molar-refractivity contribution is 5.44. The molecule has 7 nitrogen and oxygen atoms in total. The Labute approximate surface area is 196 Å². The fourth-order valence-corrected chi connectivity index (χ4v) is 4.31. The lowest BCUT2D eigenvalue weighted by Gasteiger charge is -2.35. The predicted molar refractivity (Wildman–Crippen MR) is 128 cm³/mol. The summed E-state index contributed by atoms with van der Waals surface area (Å²) in [6, 6.07) is 10.2. The smallest absolute Gasteiger partial charge is 0.160 e. The number of ether oxygens (including phenoxy) is 1. The lowest BCUT2D eigenvalue weighted by atomic mass is 9.95. The van der Waals surface area contributed by atoms with Crippen LogP contribution in [-0.2, 0) is 17.6 Å². The highest BCUT2D eigenvalue weighted by Gasteiger charge is 2.39. The molecule has 180 valence electrons. The van der Waals surface area contributed by atoms with E-state index in [4.69, 9.17) is 4.74 Å². The van der Waals surface area contributed by atoms with Gasteiger partial charge >= 0.3 is 0 Å². The van der Waals surface area contributed by atoms with Crippen LogP contribution in [-0.4, -0.2) is 33.4 Å². The number of benzene rings is 2. The Morgan fingerprint density at radius 2 is 1.48 bits per heavy atom. The van der Waals surface area contributed by atoms with E-state index >= 15 is 0 Å². The Bertz CT molecular complexity index is 960. The van der Waals surface area contributed by atoms with E-state index in [9.17, 15) is 20.3 Å². The van der Waals surface area contributed by atoms with E-state index in [1.54, 1.807) is 12.1 Å². The first-order valence-electron chi connectivity index (χ1n) is 11.8. The van der Waals surface area contributed by atoms with Gasteiger partial charge in [-0.1, -0.05) is 64.1 Å². The van der Waals surface area contributed by atoms with Crippen LogP contribution in [0, 0.1) is 22.0 Å². The molecule has 2 aromatic rings. The quantitative estimate of drug-likeness (QED) is 0.378. The predicted octanol–water partition coefficient (Wildman–Crippen LogP) is 5.58. The van der Waals surface area contributed by atoms with Gasteiger partial charge in [0.15, 0.2) is 5.03 Å². The summed E-state index contributed by atoms with van der Waals surface area (Å²) in [5.74, 6) is 1.26. The Balaban J connectivity index is 1.83. The molecule has 1 fully saturated rings. The topological polar surface area (TPSA) is 96.1 Å². The van der Waals surface area contributed by atoms with E-state index in [0.29, 0.717) is 29.4 Å². The van der Waals surface area contributed by atoms with E-state index < -0.39 is 17.2 Å². The Morgan fingerprint density at radius 3 is 2.00 bits per heavy atom. The van der Waals surface area contributed by atoms with Crippen LogP contribution in [0.2, 0.25) is 0 Å². The molecule has 0 saturated carbocycles. The number of hydrazine groups is 1. The van der Waals surface area contributed by atoms with E-state index in [0.717, 1.165) is 35.4 Å². The molecular formula is C26H36N2O5. The minimum atomic E-state index is -0.707. The minimum absolute atomic E-state index is 0.0193. The molecule has 3 rings (SSSR count). The Hall–Kier alpha value is -2.80. The molecule has 0 spiro atoms. The van der Waals surface area contributed by atoms with Crippen molar-refractivity contribution in [2.75, 3.05) is 13.2 Å². The molecule has 0 radical (unpaired) electrons. The van der Waals surface area contributed by atoms with Crippen molar-refractivity contribution in [1.29, 1.82) is 0 Å². The molecule has 0 amide bonds. The van der Waals surface area contributed by atoms with E-state index in [-0.39, 0.29) is 24.7 Å². The van der Waals surface area contributed by atoms with Crippen LogP contribution in [0.15, 0.2) is 36.4 Å². The third-order valence-electron chi connectivity index (χ3n) is 6.37. The summed E-state index contributed by atoms with van der Waals surface area (Å²) in [5, 5.41) is 34.4. The summed E-state index contributed by atoms with van der Waals surface area (Å²) in [7, 11) is 0. The van der Waals surface area contributed by atoms with E-state index in [1.807, 2.05) is 24.3 Å². The maximum absolute atomic E-state index is 12.0. The molecule has 33 heavy (non-hydrogen) atoms. The van der Waals surface area contributed by atoms with Crippen LogP contribution in [0.25, 0.3) is 0 Å². The van der Waals surface area contributed by atoms with Crippen LogP contribution in [0.3, 0.4) is 0 Å². The van der Waals surface area contributed by atoms with Crippen LogP contribution in [0.1, 0.15) is 74.9 Å². The van der Waals surface area contributed by atoms with Crippen molar-refractivity contribution in [2.45, 2.75) is 65.5 Å². The highest BCUT2D eigenvalue weighted by atomic mass is 16.7. The fourth-order valence-electron chi connectivity index (χ4n) is 4.31. The zero-order chi connectivity index (χ0) is 24.1. The Morgan fingerprint density at radius 1 is 0.970 bits per heavy atom. The van der Waals surface area contributed by atoms with Gasteiger partial charge in [-0.3, -0.25) is 0 Å². The van der Waals surface area contributed by atoms with Crippen molar-refractivity contribution in [3.63, 3.8) is 0 Å². The molecule has 0 aromatic heterocycles. The summed E-state index contributed by atoms with van der Waals surface area (Å²) in [6.45, 7) is 8.54. The van der Waals surface area contributed by atoms with E-state index in [1.165, 1.54) is 0 Å². The first-order valence-corrected chi connectivity index (χ1v) is 11.8. The fraction of sp³-hybridized carbons (Fsp3) is 0.538. The van der Waals surface area contributed by atoms with Gasteiger partial charge in [0.05, 0.1) is 6.61 Å². The Kier molecular flexibility index (Phi) is 8.19. The molecule has 2 atom stereocenters. The molecule has 2 unspecified atom stereocenters. The largest absolute Gasteiger partial charge is 0.507 e. The first kappa shape index (κ1) is 24.8. The lowest BCUT2D eigenvalue weighted by molar-refractivity contribution is -0.673. The summed E-state index contributed by atoms with van der Waals surface area (Å²) >= 11 is 0. The molecule has 1 saturated heterocycles. The van der Waals surface area contributed by atoms with E-state index in [2.05, 4.69) is 27.7 Å². The summed E-state index contributed by atoms with van der Waals surface area (Å²) < 4.78 is 6.05. The monoisotopic (exact) mass is 456 g/mol. The zero-order valence-corrected chi connectivity index (χ0v) is 20.0. The number of hydrogen-bond donors (Lipinski definition) is 2. The normalized spacial score (nSPS) is 18.8. The highest BCUT2D eigenvalue weighted by Crippen LogP contribution is 2.40. The number of phenols is 2. The van der Waals surface area contributed by atoms with Crippen LogP contribution >= 0.6 is 0 Å². The van der Waals surface area contributed by atoms with Gasteiger partial charge in [0.25, 0.3) is 0 Å². The van der Waals surface area contributed by atoms with Crippen molar-refractivity contribution in [3.8, 4) is 11.5 Å². The zero-order valence-electron chi connectivity index (χ0n) is 20.0. The third kappa shape index (κ3) is 5.96. The molecule has 0 aliphatic carbocycles. The molecule has 0 bridgehead atoms. The van der Waals surface area contributed by atoms with Gasteiger partial charge in [0, 0.05) is 11.1 Å². The van der Waals surface area contributed by atoms with Crippen LogP contribution in [0.4, 0.5) is 0 Å². The average molecular weight is 457 g/mol. The van der Waals surface area contributed by atoms with Crippen molar-refractivity contribution < 1.29 is 20.0 Å². The van der Waals surface area contributed by atoms with Crippen molar-refractivity contribution >= 4 is 0 Å². The van der Waals surface area contributed by atoms with Gasteiger partial charge in [-0.05, 0) is 48.6 Å². The lowest BCUT2D eigenvalue weighted by Crippen LogP contribution is -2.44. The van der Waals surface area contributed by atoms with Crippen LogP contribution in [0.5, 0.6) is 11.5 Å². The van der Waals surface area contributed by atoms with Crippen LogP contribution < -0.4 is 0 Å². The number of rotatable bonds is 9. The third-order valence-corrected chi connectivity index (χ3v) is 6.37. The average Bonchev–Trinajstić information content (AvgIpc) is 2.77. The number of nitrogens with zero attached hydrogens (tertiary/aromatic N) is 2. The number of morpholine rings is 1. The molecule has 2 N–H and O–H groups in total. The number of aryl methyl sites for hydroxylation is 2. The summed E-state index contributed by atoms with van der Waals surface area (Å²) in [4.78, 5) is 12.0. The van der Waals surface area contributed by atoms with Gasteiger partial charge in [0.2, 0.25) is 0 Å². The van der Waals surface area contributed by atoms with Crippen molar-refractivity contribution in [1.82, 2.24) is 5.01 Å². The van der Waals surface area contributed by atoms with Gasteiger partial charge < -0.3 is 14.9 Å². The molecule has 1 heterocycles. The van der Waals surface area contributed by atoms with Crippen molar-refractivity contribution in [3.05, 3.63) is 68.8 Å².